The third-order valence-electron chi connectivity index (χ3n) is 2.84. The molecule has 1 atom stereocenters. The standard InChI is InChI=1S/C12H21NO2S2/c1-4-17(14,15)9-5-6-11(13-3)12-8-7-10(2)16-12/h7-8,11,13H,4-6,9H2,1-3H3. The highest BCUT2D eigenvalue weighted by Gasteiger charge is 2.13. The van der Waals surface area contributed by atoms with Crippen molar-refractivity contribution in [2.24, 2.45) is 0 Å². The second kappa shape index (κ2) is 6.52. The molecule has 0 radical (unpaired) electrons. The zero-order valence-corrected chi connectivity index (χ0v) is 12.3. The summed E-state index contributed by atoms with van der Waals surface area (Å²) in [5, 5.41) is 3.25. The molecule has 1 unspecified atom stereocenters. The van der Waals surface area contributed by atoms with Crippen LogP contribution in [0.4, 0.5) is 0 Å². The largest absolute Gasteiger partial charge is 0.312 e. The van der Waals surface area contributed by atoms with Gasteiger partial charge >= 0.3 is 0 Å². The lowest BCUT2D eigenvalue weighted by atomic mass is 10.1. The molecule has 0 spiro atoms. The summed E-state index contributed by atoms with van der Waals surface area (Å²) < 4.78 is 22.8. The second-order valence-corrected chi connectivity index (χ2v) is 7.96. The average Bonchev–Trinajstić information content (AvgIpc) is 2.71. The van der Waals surface area contributed by atoms with Crippen LogP contribution < -0.4 is 5.32 Å². The third kappa shape index (κ3) is 4.77. The predicted octanol–water partition coefficient (Wildman–Crippen LogP) is 2.53. The van der Waals surface area contributed by atoms with Gasteiger partial charge in [0.1, 0.15) is 9.84 Å². The molecule has 98 valence electrons. The van der Waals surface area contributed by atoms with Crippen LogP contribution in [0.25, 0.3) is 0 Å². The quantitative estimate of drug-likeness (QED) is 0.832. The molecule has 0 aromatic carbocycles. The van der Waals surface area contributed by atoms with Crippen molar-refractivity contribution in [1.29, 1.82) is 0 Å². The van der Waals surface area contributed by atoms with E-state index in [1.807, 2.05) is 7.05 Å². The molecular weight excluding hydrogens is 254 g/mol. The molecule has 0 aliphatic heterocycles. The third-order valence-corrected chi connectivity index (χ3v) is 5.75. The van der Waals surface area contributed by atoms with Crippen LogP contribution in [0, 0.1) is 6.92 Å². The van der Waals surface area contributed by atoms with E-state index in [1.165, 1.54) is 9.75 Å². The lowest BCUT2D eigenvalue weighted by molar-refractivity contribution is 0.542. The van der Waals surface area contributed by atoms with Crippen molar-refractivity contribution in [2.75, 3.05) is 18.6 Å². The van der Waals surface area contributed by atoms with Gasteiger partial charge in [-0.2, -0.15) is 0 Å². The van der Waals surface area contributed by atoms with Gasteiger partial charge in [-0.15, -0.1) is 11.3 Å². The SMILES string of the molecule is CCS(=O)(=O)CCCC(NC)c1ccc(C)s1. The summed E-state index contributed by atoms with van der Waals surface area (Å²) in [6.07, 6.45) is 1.59. The molecule has 1 aromatic heterocycles. The van der Waals surface area contributed by atoms with Crippen molar-refractivity contribution in [2.45, 2.75) is 32.7 Å². The summed E-state index contributed by atoms with van der Waals surface area (Å²) in [6.45, 7) is 3.79. The first-order chi connectivity index (χ1) is 7.98. The van der Waals surface area contributed by atoms with Gasteiger partial charge in [-0.05, 0) is 38.9 Å². The van der Waals surface area contributed by atoms with E-state index in [0.717, 1.165) is 12.8 Å². The summed E-state index contributed by atoms with van der Waals surface area (Å²) in [5.74, 6) is 0.543. The number of sulfone groups is 1. The molecule has 1 aromatic rings. The van der Waals surface area contributed by atoms with E-state index in [0.29, 0.717) is 5.75 Å². The van der Waals surface area contributed by atoms with Gasteiger partial charge in [-0.25, -0.2) is 8.42 Å². The van der Waals surface area contributed by atoms with Crippen LogP contribution in [0.15, 0.2) is 12.1 Å². The summed E-state index contributed by atoms with van der Waals surface area (Å²) in [4.78, 5) is 2.58. The zero-order valence-electron chi connectivity index (χ0n) is 10.7. The van der Waals surface area contributed by atoms with Crippen molar-refractivity contribution >= 4 is 21.2 Å². The Kier molecular flexibility index (Phi) is 5.62. The maximum absolute atomic E-state index is 11.4. The van der Waals surface area contributed by atoms with Crippen molar-refractivity contribution < 1.29 is 8.42 Å². The fourth-order valence-corrected chi connectivity index (χ4v) is 3.64. The van der Waals surface area contributed by atoms with E-state index in [-0.39, 0.29) is 11.8 Å². The molecule has 17 heavy (non-hydrogen) atoms. The highest BCUT2D eigenvalue weighted by Crippen LogP contribution is 2.25. The maximum atomic E-state index is 11.4. The van der Waals surface area contributed by atoms with E-state index in [9.17, 15) is 8.42 Å². The highest BCUT2D eigenvalue weighted by molar-refractivity contribution is 7.91. The molecule has 0 saturated heterocycles. The number of aryl methyl sites for hydroxylation is 1. The normalized spacial score (nSPS) is 13.8. The fraction of sp³-hybridized carbons (Fsp3) is 0.667. The summed E-state index contributed by atoms with van der Waals surface area (Å²) in [7, 11) is -0.900. The Bertz CT molecular complexity index is 437. The smallest absolute Gasteiger partial charge is 0.150 e. The first-order valence-electron chi connectivity index (χ1n) is 5.92. The predicted molar refractivity (Wildman–Crippen MR) is 74.4 cm³/mol. The monoisotopic (exact) mass is 275 g/mol. The number of rotatable bonds is 7. The zero-order chi connectivity index (χ0) is 12.9. The van der Waals surface area contributed by atoms with E-state index in [1.54, 1.807) is 18.3 Å². The molecule has 0 amide bonds. The molecule has 1 heterocycles. The summed E-state index contributed by atoms with van der Waals surface area (Å²) >= 11 is 1.77. The lowest BCUT2D eigenvalue weighted by Gasteiger charge is -2.14. The Morgan fingerprint density at radius 2 is 2.12 bits per heavy atom. The van der Waals surface area contributed by atoms with Crippen LogP contribution in [0.1, 0.15) is 35.6 Å². The minimum absolute atomic E-state index is 0.245. The Hall–Kier alpha value is -0.390. The van der Waals surface area contributed by atoms with Crippen molar-refractivity contribution in [3.63, 3.8) is 0 Å². The molecule has 1 rings (SSSR count). The van der Waals surface area contributed by atoms with Gasteiger partial charge in [0.25, 0.3) is 0 Å². The van der Waals surface area contributed by atoms with Gasteiger partial charge in [-0.3, -0.25) is 0 Å². The topological polar surface area (TPSA) is 46.2 Å². The number of nitrogens with one attached hydrogen (secondary N) is 1. The highest BCUT2D eigenvalue weighted by atomic mass is 32.2. The van der Waals surface area contributed by atoms with Gasteiger partial charge in [-0.1, -0.05) is 6.92 Å². The van der Waals surface area contributed by atoms with Crippen LogP contribution >= 0.6 is 11.3 Å². The van der Waals surface area contributed by atoms with Crippen LogP contribution in [-0.4, -0.2) is 27.0 Å². The average molecular weight is 275 g/mol. The Morgan fingerprint density at radius 1 is 1.41 bits per heavy atom. The van der Waals surface area contributed by atoms with Crippen LogP contribution in [-0.2, 0) is 9.84 Å². The molecule has 0 fully saturated rings. The van der Waals surface area contributed by atoms with Gasteiger partial charge in [0.15, 0.2) is 0 Å². The number of hydrogen-bond acceptors (Lipinski definition) is 4. The molecule has 0 aliphatic carbocycles. The minimum atomic E-state index is -2.82. The van der Waals surface area contributed by atoms with E-state index in [4.69, 9.17) is 0 Å². The van der Waals surface area contributed by atoms with Crippen LogP contribution in [0.5, 0.6) is 0 Å². The van der Waals surface area contributed by atoms with Crippen LogP contribution in [0.2, 0.25) is 0 Å². The molecule has 0 bridgehead atoms. The van der Waals surface area contributed by atoms with E-state index in [2.05, 4.69) is 24.4 Å². The van der Waals surface area contributed by atoms with Crippen molar-refractivity contribution in [1.82, 2.24) is 5.32 Å². The lowest BCUT2D eigenvalue weighted by Crippen LogP contribution is -2.17. The van der Waals surface area contributed by atoms with Gasteiger partial charge in [0.05, 0.1) is 5.75 Å². The number of thiophene rings is 1. The number of hydrogen-bond donors (Lipinski definition) is 1. The van der Waals surface area contributed by atoms with E-state index >= 15 is 0 Å². The van der Waals surface area contributed by atoms with Gasteiger partial charge < -0.3 is 5.32 Å². The van der Waals surface area contributed by atoms with Gasteiger partial charge in [0, 0.05) is 21.5 Å². The molecule has 3 nitrogen and oxygen atoms in total. The van der Waals surface area contributed by atoms with Crippen LogP contribution in [0.3, 0.4) is 0 Å². The molecule has 5 heteroatoms. The molecule has 1 N–H and O–H groups in total. The Morgan fingerprint density at radius 3 is 2.59 bits per heavy atom. The Balaban J connectivity index is 2.49. The van der Waals surface area contributed by atoms with Crippen molar-refractivity contribution in [3.8, 4) is 0 Å². The second-order valence-electron chi connectivity index (χ2n) is 4.17. The maximum Gasteiger partial charge on any atom is 0.150 e. The van der Waals surface area contributed by atoms with Gasteiger partial charge in [0.2, 0.25) is 0 Å². The first kappa shape index (κ1) is 14.7. The summed E-state index contributed by atoms with van der Waals surface area (Å²) in [6, 6.07) is 4.50. The van der Waals surface area contributed by atoms with E-state index < -0.39 is 9.84 Å². The Labute approximate surface area is 108 Å². The fourth-order valence-electron chi connectivity index (χ4n) is 1.72. The molecular formula is C12H21NO2S2. The molecule has 0 saturated carbocycles. The first-order valence-corrected chi connectivity index (χ1v) is 8.56. The van der Waals surface area contributed by atoms with Crippen molar-refractivity contribution in [3.05, 3.63) is 21.9 Å². The molecule has 0 aliphatic rings. The summed E-state index contributed by atoms with van der Waals surface area (Å²) in [5.41, 5.74) is 0. The minimum Gasteiger partial charge on any atom is -0.312 e.